The van der Waals surface area contributed by atoms with Crippen LogP contribution in [-0.2, 0) is 13.2 Å². The molecule has 0 fully saturated rings. The monoisotopic (exact) mass is 349 g/mol. The van der Waals surface area contributed by atoms with Gasteiger partial charge in [0.25, 0.3) is 5.91 Å². The van der Waals surface area contributed by atoms with E-state index in [1.165, 1.54) is 12.1 Å². The van der Waals surface area contributed by atoms with Gasteiger partial charge in [-0.15, -0.1) is 0 Å². The molecule has 0 bridgehead atoms. The third-order valence-electron chi connectivity index (χ3n) is 4.03. The average Bonchev–Trinajstić information content (AvgIpc) is 2.69. The Morgan fingerprint density at radius 3 is 2.15 bits per heavy atom. The molecule has 0 saturated heterocycles. The molecule has 0 aliphatic rings. The lowest BCUT2D eigenvalue weighted by Crippen LogP contribution is -2.26. The molecule has 0 radical (unpaired) electrons. The number of carbonyl (C=O) groups is 1. The zero-order valence-electron chi connectivity index (χ0n) is 14.6. The third kappa shape index (κ3) is 4.70. The van der Waals surface area contributed by atoms with Crippen molar-refractivity contribution in [1.29, 1.82) is 0 Å². The summed E-state index contributed by atoms with van der Waals surface area (Å²) in [4.78, 5) is 14.1. The van der Waals surface area contributed by atoms with Crippen LogP contribution < -0.4 is 4.74 Å². The SMILES string of the molecule is CN(Cc1ccc(F)cc1)C(=O)c1ccc(COc2ccccc2)cc1. The second-order valence-corrected chi connectivity index (χ2v) is 6.09. The van der Waals surface area contributed by atoms with Crippen molar-refractivity contribution in [1.82, 2.24) is 4.90 Å². The lowest BCUT2D eigenvalue weighted by atomic mass is 10.1. The van der Waals surface area contributed by atoms with Gasteiger partial charge in [0.15, 0.2) is 0 Å². The molecule has 0 unspecified atom stereocenters. The Hall–Kier alpha value is -3.14. The number of hydrogen-bond acceptors (Lipinski definition) is 2. The van der Waals surface area contributed by atoms with E-state index in [1.54, 1.807) is 36.2 Å². The molecule has 0 atom stereocenters. The highest BCUT2D eigenvalue weighted by Gasteiger charge is 2.12. The van der Waals surface area contributed by atoms with Gasteiger partial charge in [0.05, 0.1) is 0 Å². The van der Waals surface area contributed by atoms with Gasteiger partial charge in [-0.05, 0) is 47.5 Å². The molecule has 0 aliphatic carbocycles. The summed E-state index contributed by atoms with van der Waals surface area (Å²) in [7, 11) is 1.73. The molecule has 26 heavy (non-hydrogen) atoms. The highest BCUT2D eigenvalue weighted by molar-refractivity contribution is 5.94. The Bertz CT molecular complexity index is 846. The molecule has 0 N–H and O–H groups in total. The summed E-state index contributed by atoms with van der Waals surface area (Å²) in [5.41, 5.74) is 2.49. The molecule has 1 amide bonds. The standard InChI is InChI=1S/C22H20FNO2/c1-24(15-17-9-13-20(23)14-10-17)22(25)19-11-7-18(8-12-19)16-26-21-5-3-2-4-6-21/h2-14H,15-16H2,1H3. The lowest BCUT2D eigenvalue weighted by Gasteiger charge is -2.17. The number of nitrogens with zero attached hydrogens (tertiary/aromatic N) is 1. The molecule has 0 heterocycles. The molecule has 0 aliphatic heterocycles. The Morgan fingerprint density at radius 2 is 1.50 bits per heavy atom. The second-order valence-electron chi connectivity index (χ2n) is 6.09. The van der Waals surface area contributed by atoms with Gasteiger partial charge in [0, 0.05) is 19.2 Å². The van der Waals surface area contributed by atoms with Gasteiger partial charge in [-0.2, -0.15) is 0 Å². The minimum absolute atomic E-state index is 0.0788. The summed E-state index contributed by atoms with van der Waals surface area (Å²) in [6, 6.07) is 23.1. The second kappa shape index (κ2) is 8.30. The first-order valence-electron chi connectivity index (χ1n) is 8.38. The van der Waals surface area contributed by atoms with Crippen molar-refractivity contribution in [2.45, 2.75) is 13.2 Å². The Labute approximate surface area is 152 Å². The Kier molecular flexibility index (Phi) is 5.64. The number of rotatable bonds is 6. The smallest absolute Gasteiger partial charge is 0.253 e. The van der Waals surface area contributed by atoms with E-state index in [0.717, 1.165) is 16.9 Å². The van der Waals surface area contributed by atoms with E-state index < -0.39 is 0 Å². The summed E-state index contributed by atoms with van der Waals surface area (Å²) in [5.74, 6) is 0.451. The number of hydrogen-bond donors (Lipinski definition) is 0. The summed E-state index contributed by atoms with van der Waals surface area (Å²) >= 11 is 0. The van der Waals surface area contributed by atoms with E-state index in [9.17, 15) is 9.18 Å². The molecule has 132 valence electrons. The van der Waals surface area contributed by atoms with E-state index in [0.29, 0.717) is 18.7 Å². The lowest BCUT2D eigenvalue weighted by molar-refractivity contribution is 0.0785. The van der Waals surface area contributed by atoms with Crippen LogP contribution in [0.25, 0.3) is 0 Å². The van der Waals surface area contributed by atoms with Crippen LogP contribution in [0.1, 0.15) is 21.5 Å². The van der Waals surface area contributed by atoms with Crippen molar-refractivity contribution in [2.75, 3.05) is 7.05 Å². The molecule has 0 aromatic heterocycles. The topological polar surface area (TPSA) is 29.5 Å². The average molecular weight is 349 g/mol. The maximum Gasteiger partial charge on any atom is 0.253 e. The molecule has 3 rings (SSSR count). The Morgan fingerprint density at radius 1 is 0.885 bits per heavy atom. The fraction of sp³-hybridized carbons (Fsp3) is 0.136. The van der Waals surface area contributed by atoms with Gasteiger partial charge in [-0.25, -0.2) is 4.39 Å². The maximum absolute atomic E-state index is 13.0. The number of carbonyl (C=O) groups excluding carboxylic acids is 1. The molecular formula is C22H20FNO2. The highest BCUT2D eigenvalue weighted by atomic mass is 19.1. The number of benzene rings is 3. The fourth-order valence-electron chi connectivity index (χ4n) is 2.58. The van der Waals surface area contributed by atoms with Crippen molar-refractivity contribution < 1.29 is 13.9 Å². The molecule has 0 spiro atoms. The number of para-hydroxylation sites is 1. The fourth-order valence-corrected chi connectivity index (χ4v) is 2.58. The van der Waals surface area contributed by atoms with Crippen LogP contribution in [0.15, 0.2) is 78.9 Å². The summed E-state index contributed by atoms with van der Waals surface area (Å²) in [5, 5.41) is 0. The van der Waals surface area contributed by atoms with Crippen LogP contribution in [0.2, 0.25) is 0 Å². The molecule has 3 aromatic carbocycles. The highest BCUT2D eigenvalue weighted by Crippen LogP contribution is 2.14. The van der Waals surface area contributed by atoms with Gasteiger partial charge in [-0.3, -0.25) is 4.79 Å². The van der Waals surface area contributed by atoms with Crippen molar-refractivity contribution >= 4 is 5.91 Å². The first-order chi connectivity index (χ1) is 12.6. The largest absolute Gasteiger partial charge is 0.489 e. The maximum atomic E-state index is 13.0. The summed E-state index contributed by atoms with van der Waals surface area (Å²) in [6.07, 6.45) is 0. The molecule has 3 nitrogen and oxygen atoms in total. The van der Waals surface area contributed by atoms with E-state index >= 15 is 0 Å². The van der Waals surface area contributed by atoms with Crippen LogP contribution in [0.4, 0.5) is 4.39 Å². The van der Waals surface area contributed by atoms with Crippen LogP contribution in [0, 0.1) is 5.82 Å². The van der Waals surface area contributed by atoms with Crippen LogP contribution in [0.3, 0.4) is 0 Å². The van der Waals surface area contributed by atoms with Gasteiger partial charge in [-0.1, -0.05) is 42.5 Å². The third-order valence-corrected chi connectivity index (χ3v) is 4.03. The number of ether oxygens (including phenoxy) is 1. The Balaban J connectivity index is 1.58. The predicted octanol–water partition coefficient (Wildman–Crippen LogP) is 4.68. The van der Waals surface area contributed by atoms with Crippen molar-refractivity contribution in [3.8, 4) is 5.75 Å². The summed E-state index contributed by atoms with van der Waals surface area (Å²) < 4.78 is 18.7. The molecule has 3 aromatic rings. The zero-order chi connectivity index (χ0) is 18.4. The quantitative estimate of drug-likeness (QED) is 0.647. The van der Waals surface area contributed by atoms with Crippen molar-refractivity contribution in [2.24, 2.45) is 0 Å². The first-order valence-corrected chi connectivity index (χ1v) is 8.38. The van der Waals surface area contributed by atoms with Crippen LogP contribution in [0.5, 0.6) is 5.75 Å². The first kappa shape index (κ1) is 17.7. The number of halogens is 1. The van der Waals surface area contributed by atoms with E-state index in [4.69, 9.17) is 4.74 Å². The predicted molar refractivity (Wildman–Crippen MR) is 99.4 cm³/mol. The van der Waals surface area contributed by atoms with Gasteiger partial charge < -0.3 is 9.64 Å². The van der Waals surface area contributed by atoms with Gasteiger partial charge >= 0.3 is 0 Å². The van der Waals surface area contributed by atoms with E-state index in [-0.39, 0.29) is 11.7 Å². The minimum atomic E-state index is -0.281. The van der Waals surface area contributed by atoms with Crippen molar-refractivity contribution in [3.05, 3.63) is 101 Å². The van der Waals surface area contributed by atoms with Gasteiger partial charge in [0.2, 0.25) is 0 Å². The van der Waals surface area contributed by atoms with Crippen molar-refractivity contribution in [3.63, 3.8) is 0 Å². The van der Waals surface area contributed by atoms with E-state index in [1.807, 2.05) is 42.5 Å². The normalized spacial score (nSPS) is 10.4. The van der Waals surface area contributed by atoms with Crippen LogP contribution in [-0.4, -0.2) is 17.9 Å². The van der Waals surface area contributed by atoms with Gasteiger partial charge in [0.1, 0.15) is 18.2 Å². The minimum Gasteiger partial charge on any atom is -0.489 e. The zero-order valence-corrected chi connectivity index (χ0v) is 14.6. The van der Waals surface area contributed by atoms with E-state index in [2.05, 4.69) is 0 Å². The molecule has 0 saturated carbocycles. The molecular weight excluding hydrogens is 329 g/mol. The molecule has 4 heteroatoms. The number of amides is 1. The summed E-state index contributed by atoms with van der Waals surface area (Å²) in [6.45, 7) is 0.877. The van der Waals surface area contributed by atoms with Crippen LogP contribution >= 0.6 is 0 Å².